The highest BCUT2D eigenvalue weighted by molar-refractivity contribution is 5.99. The third-order valence-corrected chi connectivity index (χ3v) is 14.2. The number of nitrogens with zero attached hydrogens (tertiary/aromatic N) is 9. The molecule has 7 rings (SSSR count). The number of rotatable bonds is 35. The molecule has 3 atom stereocenters. The molecule has 1 aliphatic heterocycles. The number of nitrogens with one attached hydrogen (secondary N) is 6. The quantitative estimate of drug-likeness (QED) is 0.00935. The number of anilines is 1. The van der Waals surface area contributed by atoms with Gasteiger partial charge in [0.1, 0.15) is 41.4 Å². The summed E-state index contributed by atoms with van der Waals surface area (Å²) in [4.78, 5) is 127. The van der Waals surface area contributed by atoms with E-state index in [0.29, 0.717) is 98.8 Å². The van der Waals surface area contributed by atoms with Gasteiger partial charge in [-0.1, -0.05) is 0 Å². The van der Waals surface area contributed by atoms with E-state index >= 15 is 0 Å². The molecule has 35 heteroatoms. The van der Waals surface area contributed by atoms with Crippen molar-refractivity contribution in [1.82, 2.24) is 71.7 Å². The second-order valence-electron chi connectivity index (χ2n) is 29.4. The Morgan fingerprint density at radius 3 is 1.04 bits per heavy atom. The van der Waals surface area contributed by atoms with E-state index in [9.17, 15) is 47.5 Å². The Bertz CT molecular complexity index is 3640. The first-order valence-electron chi connectivity index (χ1n) is 36.0. The molecule has 34 nitrogen and oxygen atoms in total. The fraction of sp³-hybridized carbons (Fsp3) is 0.560. The topological polar surface area (TPSA) is 414 Å². The zero-order valence-electron chi connectivity index (χ0n) is 66.5. The number of carbonyl (C=O) groups excluding carboxylic acids is 9. The third kappa shape index (κ3) is 42.8. The first-order valence-corrected chi connectivity index (χ1v) is 36.0. The molecule has 0 unspecified atom stereocenters. The van der Waals surface area contributed by atoms with E-state index in [0.717, 1.165) is 31.3 Å². The maximum absolute atomic E-state index is 13.0. The largest absolute Gasteiger partial charge is 0.467 e. The van der Waals surface area contributed by atoms with Gasteiger partial charge in [0, 0.05) is 89.8 Å². The van der Waals surface area contributed by atoms with E-state index in [1.165, 1.54) is 68.3 Å². The molecule has 110 heavy (non-hydrogen) atoms. The summed E-state index contributed by atoms with van der Waals surface area (Å²) in [7, 11) is 15.6. The standard InChI is InChI=1S/C24H35N5O6.C23H33N5O6.C21H27FN4O6.C4H8O.C3H9N/c1-24(2,3)35-23(32)25-13-8-7-9-18(19(30)16-33-21-12-14-34-28-21)27-22(31)17-10-11-20(26-15-17)29(4,5)6;1-23(2,3)34-22(31)24-12-7-6-8-17(18(29)15-32-20-11-13-33-27-20)26-21(30)16-9-10-19(25-14-16)28(4)5;1-21(2,3)32-20(29)23-10-5-4-6-15(16(27)13-30-18-9-11-31-26-18)25-19(28)14-7-8-17(22)24-12-14;1-2-4-5-3-1;1-4(2)3/h10-12,14-15,18H,7-9,13,16H2,1-6H3,(H-,25,27,31,32);9-11,13-14,17H,6-8,12,15H2,1-5H3,(H,24,31)(H,26,30);7-9,11-12,15H,4-6,10,13H2,1-3H3,(H,23,29)(H,25,28);1-4H2;1-3H3/p+1/t18-;17-;15-;;/m000../s1. The van der Waals surface area contributed by atoms with Crippen molar-refractivity contribution in [2.45, 2.75) is 168 Å². The highest BCUT2D eigenvalue weighted by Gasteiger charge is 2.27. The molecular weight excluding hydrogens is 1430 g/mol. The van der Waals surface area contributed by atoms with Crippen LogP contribution in [0.25, 0.3) is 0 Å². The zero-order valence-corrected chi connectivity index (χ0v) is 66.5. The van der Waals surface area contributed by atoms with Crippen LogP contribution >= 0.6 is 0 Å². The van der Waals surface area contributed by atoms with Crippen LogP contribution in [0, 0.1) is 5.95 Å². The van der Waals surface area contributed by atoms with Crippen molar-refractivity contribution in [3.8, 4) is 17.6 Å². The van der Waals surface area contributed by atoms with Gasteiger partial charge in [0.25, 0.3) is 35.4 Å². The fourth-order valence-corrected chi connectivity index (χ4v) is 8.89. The second-order valence-corrected chi connectivity index (χ2v) is 29.4. The van der Waals surface area contributed by atoms with Crippen molar-refractivity contribution in [2.75, 3.05) is 114 Å². The lowest BCUT2D eigenvalue weighted by molar-refractivity contribution is -0.123. The van der Waals surface area contributed by atoms with Crippen LogP contribution in [0.1, 0.15) is 164 Å². The van der Waals surface area contributed by atoms with E-state index in [1.807, 2.05) is 66.2 Å². The Kier molecular flexibility index (Phi) is 41.4. The van der Waals surface area contributed by atoms with Crippen LogP contribution < -0.4 is 55.5 Å². The summed E-state index contributed by atoms with van der Waals surface area (Å²) in [5.41, 5.74) is -0.931. The number of hydrogen-bond donors (Lipinski definition) is 6. The van der Waals surface area contributed by atoms with Crippen LogP contribution in [0.2, 0.25) is 0 Å². The van der Waals surface area contributed by atoms with E-state index in [1.54, 1.807) is 86.6 Å². The van der Waals surface area contributed by atoms with Gasteiger partial charge in [-0.25, -0.2) is 29.3 Å². The van der Waals surface area contributed by atoms with Crippen LogP contribution in [-0.2, 0) is 33.3 Å². The molecular formula is C75H113FN15O19+. The van der Waals surface area contributed by atoms with Crippen LogP contribution in [0.3, 0.4) is 0 Å². The van der Waals surface area contributed by atoms with Crippen molar-refractivity contribution in [3.63, 3.8) is 0 Å². The van der Waals surface area contributed by atoms with Crippen LogP contribution in [-0.4, -0.2) is 233 Å². The summed E-state index contributed by atoms with van der Waals surface area (Å²) < 4.78 is 64.0. The summed E-state index contributed by atoms with van der Waals surface area (Å²) in [5, 5.41) is 27.0. The molecule has 6 aromatic heterocycles. The van der Waals surface area contributed by atoms with Crippen molar-refractivity contribution < 1.29 is 94.3 Å². The molecule has 0 radical (unpaired) electrons. The maximum Gasteiger partial charge on any atom is 0.407 e. The number of carbonyl (C=O) groups is 9. The monoisotopic (exact) mass is 1550 g/mol. The number of ketones is 3. The third-order valence-electron chi connectivity index (χ3n) is 14.2. The minimum absolute atomic E-state index is 0.119. The highest BCUT2D eigenvalue weighted by atomic mass is 19.1. The van der Waals surface area contributed by atoms with Crippen LogP contribution in [0.4, 0.5) is 30.4 Å². The van der Waals surface area contributed by atoms with Gasteiger partial charge < -0.3 is 88.4 Å². The Hall–Kier alpha value is -10.7. The van der Waals surface area contributed by atoms with Gasteiger partial charge >= 0.3 is 18.3 Å². The number of hydrogen-bond acceptors (Lipinski definition) is 27. The number of Topliss-reactive ketones (excluding diaryl/α,β-unsaturated/α-hetero) is 3. The highest BCUT2D eigenvalue weighted by Crippen LogP contribution is 2.18. The number of quaternary nitrogens is 1. The van der Waals surface area contributed by atoms with E-state index < -0.39 is 76.9 Å². The number of aromatic nitrogens is 6. The summed E-state index contributed by atoms with van der Waals surface area (Å²) in [6.07, 6.45) is 13.5. The lowest BCUT2D eigenvalue weighted by atomic mass is 10.0. The number of unbranched alkanes of at least 4 members (excludes halogenated alkanes) is 3. The molecule has 1 aliphatic rings. The minimum Gasteiger partial charge on any atom is -0.467 e. The molecule has 6 aromatic rings. The first kappa shape index (κ1) is 93.5. The summed E-state index contributed by atoms with van der Waals surface area (Å²) in [5.74, 6) is -1.07. The maximum atomic E-state index is 13.0. The van der Waals surface area contributed by atoms with Crippen molar-refractivity contribution in [1.29, 1.82) is 0 Å². The molecule has 0 saturated carbocycles. The molecule has 0 aromatic carbocycles. The van der Waals surface area contributed by atoms with Gasteiger partial charge in [-0.2, -0.15) is 4.39 Å². The molecule has 7 heterocycles. The average Bonchev–Trinajstić information content (AvgIpc) is 0.898. The lowest BCUT2D eigenvalue weighted by Gasteiger charge is -2.22. The fourth-order valence-electron chi connectivity index (χ4n) is 8.89. The van der Waals surface area contributed by atoms with Gasteiger partial charge in [-0.05, 0) is 200 Å². The number of ether oxygens (including phenoxy) is 7. The predicted octanol–water partition coefficient (Wildman–Crippen LogP) is 8.91. The predicted molar refractivity (Wildman–Crippen MR) is 405 cm³/mol. The zero-order chi connectivity index (χ0) is 81.9. The van der Waals surface area contributed by atoms with Gasteiger partial charge in [-0.15, -0.1) is 0 Å². The van der Waals surface area contributed by atoms with Crippen molar-refractivity contribution in [3.05, 3.63) is 115 Å². The molecule has 0 spiro atoms. The Balaban J connectivity index is 0.000000403. The van der Waals surface area contributed by atoms with Crippen LogP contribution in [0.15, 0.2) is 106 Å². The van der Waals surface area contributed by atoms with Gasteiger partial charge in [0.05, 0.1) is 56.0 Å². The van der Waals surface area contributed by atoms with E-state index in [2.05, 4.69) is 71.4 Å². The van der Waals surface area contributed by atoms with Crippen LogP contribution in [0.5, 0.6) is 17.6 Å². The van der Waals surface area contributed by atoms with Gasteiger partial charge in [0.2, 0.25) is 11.8 Å². The number of alkyl carbamates (subject to hydrolysis) is 3. The Morgan fingerprint density at radius 1 is 0.464 bits per heavy atom. The lowest BCUT2D eigenvalue weighted by Crippen LogP contribution is -2.43. The van der Waals surface area contributed by atoms with E-state index in [4.69, 9.17) is 37.7 Å². The number of amides is 6. The second kappa shape index (κ2) is 48.7. The first-order chi connectivity index (χ1) is 51.8. The number of pyridine rings is 3. The van der Waals surface area contributed by atoms with Gasteiger partial charge in [0.15, 0.2) is 37.2 Å². The summed E-state index contributed by atoms with van der Waals surface area (Å²) in [6, 6.07) is 11.2. The van der Waals surface area contributed by atoms with Gasteiger partial charge in [-0.3, -0.25) is 33.3 Å². The van der Waals surface area contributed by atoms with Crippen molar-refractivity contribution >= 4 is 65.0 Å². The molecule has 1 saturated heterocycles. The number of halogens is 1. The molecule has 0 bridgehead atoms. The molecule has 1 fully saturated rings. The van der Waals surface area contributed by atoms with Crippen molar-refractivity contribution in [2.24, 2.45) is 0 Å². The normalized spacial score (nSPS) is 12.6. The average molecular weight is 1550 g/mol. The molecule has 0 aliphatic carbocycles. The summed E-state index contributed by atoms with van der Waals surface area (Å²) in [6.45, 7) is 18.3. The Labute approximate surface area is 642 Å². The summed E-state index contributed by atoms with van der Waals surface area (Å²) >= 11 is 0. The molecule has 6 amide bonds. The SMILES string of the molecule is C1CCOC1.CC(C)(C)OC(=O)NCCCC[C@H](NC(=O)c1ccc(F)nc1)C(=O)COc1ccon1.CC(C)(C)OC(=O)NCCCC[C@H](NC(=O)c1ccc([N+](C)(C)C)nc1)C(=O)COc1ccon1.CN(C)C.CN(C)c1ccc(C(=O)N[C@@H](CCCCNC(=O)OC(C)(C)C)C(=O)COc2ccon2)cn1. The smallest absolute Gasteiger partial charge is 0.407 e. The molecule has 608 valence electrons. The molecule has 6 N–H and O–H groups in total. The Morgan fingerprint density at radius 2 is 0.791 bits per heavy atom. The minimum atomic E-state index is -0.860. The van der Waals surface area contributed by atoms with E-state index in [-0.39, 0.29) is 60.4 Å².